The molecule has 0 unspecified atom stereocenters. The van der Waals surface area contributed by atoms with Gasteiger partial charge < -0.3 is 15.4 Å². The first-order valence-corrected chi connectivity index (χ1v) is 5.96. The van der Waals surface area contributed by atoms with Crippen molar-refractivity contribution in [2.24, 2.45) is 0 Å². The van der Waals surface area contributed by atoms with Crippen molar-refractivity contribution in [3.8, 4) is 0 Å². The van der Waals surface area contributed by atoms with E-state index >= 15 is 0 Å². The highest BCUT2D eigenvalue weighted by molar-refractivity contribution is 5.92. The Labute approximate surface area is 107 Å². The fraction of sp³-hybridized carbons (Fsp3) is 0.385. The average Bonchev–Trinajstić information content (AvgIpc) is 2.37. The van der Waals surface area contributed by atoms with Crippen molar-refractivity contribution in [3.63, 3.8) is 0 Å². The molecule has 0 saturated carbocycles. The van der Waals surface area contributed by atoms with E-state index in [2.05, 4.69) is 10.6 Å². The number of benzene rings is 1. The summed E-state index contributed by atoms with van der Waals surface area (Å²) < 4.78 is 4.86. The molecule has 1 aromatic rings. The monoisotopic (exact) mass is 250 g/mol. The lowest BCUT2D eigenvalue weighted by atomic mass is 10.2. The van der Waals surface area contributed by atoms with E-state index in [1.807, 2.05) is 25.1 Å². The molecular formula is C13H18N2O3. The molecule has 1 aromatic carbocycles. The van der Waals surface area contributed by atoms with E-state index < -0.39 is 18.0 Å². The first-order chi connectivity index (χ1) is 8.67. The number of amides is 2. The van der Waals surface area contributed by atoms with Crippen LogP contribution in [0.4, 0.5) is 10.5 Å². The van der Waals surface area contributed by atoms with Crippen LogP contribution in [-0.4, -0.2) is 24.6 Å². The molecule has 1 atom stereocenters. The highest BCUT2D eigenvalue weighted by Gasteiger charge is 2.19. The minimum absolute atomic E-state index is 0.303. The summed E-state index contributed by atoms with van der Waals surface area (Å²) in [6.45, 7) is 3.84. The standard InChI is InChI=1S/C13H18N2O3/c1-3-11(12(16)18-4-2)15-13(17)14-10-8-6-5-7-9-10/h5-9,11H,3-4H2,1-2H3,(H2,14,15,17)/t11-/m0/s1. The molecule has 0 bridgehead atoms. The molecule has 0 radical (unpaired) electrons. The van der Waals surface area contributed by atoms with Gasteiger partial charge in [-0.1, -0.05) is 25.1 Å². The number of esters is 1. The third-order valence-corrected chi connectivity index (χ3v) is 2.32. The number of carbonyl (C=O) groups excluding carboxylic acids is 2. The van der Waals surface area contributed by atoms with Crippen molar-refractivity contribution < 1.29 is 14.3 Å². The van der Waals surface area contributed by atoms with Gasteiger partial charge in [0.1, 0.15) is 6.04 Å². The summed E-state index contributed by atoms with van der Waals surface area (Å²) in [5.74, 6) is -0.414. The summed E-state index contributed by atoms with van der Waals surface area (Å²) in [5.41, 5.74) is 0.675. The Bertz CT molecular complexity index is 392. The maximum atomic E-state index is 11.7. The van der Waals surface area contributed by atoms with Gasteiger partial charge in [-0.15, -0.1) is 0 Å². The Morgan fingerprint density at radius 1 is 1.22 bits per heavy atom. The number of hydrogen-bond acceptors (Lipinski definition) is 3. The molecule has 0 aliphatic heterocycles. The molecular weight excluding hydrogens is 232 g/mol. The molecule has 0 heterocycles. The molecule has 0 saturated heterocycles. The van der Waals surface area contributed by atoms with Crippen molar-refractivity contribution in [1.82, 2.24) is 5.32 Å². The van der Waals surface area contributed by atoms with Crippen LogP contribution in [-0.2, 0) is 9.53 Å². The Morgan fingerprint density at radius 3 is 2.44 bits per heavy atom. The molecule has 0 aliphatic rings. The predicted octanol–water partition coefficient (Wildman–Crippen LogP) is 2.15. The van der Waals surface area contributed by atoms with Gasteiger partial charge in [0.2, 0.25) is 0 Å². The van der Waals surface area contributed by atoms with Gasteiger partial charge >= 0.3 is 12.0 Å². The second-order valence-corrected chi connectivity index (χ2v) is 3.68. The average molecular weight is 250 g/mol. The third-order valence-electron chi connectivity index (χ3n) is 2.32. The molecule has 1 rings (SSSR count). The number of ether oxygens (including phenoxy) is 1. The summed E-state index contributed by atoms with van der Waals surface area (Å²) in [4.78, 5) is 23.2. The highest BCUT2D eigenvalue weighted by Crippen LogP contribution is 2.05. The molecule has 18 heavy (non-hydrogen) atoms. The fourth-order valence-corrected chi connectivity index (χ4v) is 1.42. The van der Waals surface area contributed by atoms with Crippen LogP contribution in [0, 0.1) is 0 Å². The van der Waals surface area contributed by atoms with Gasteiger partial charge in [0.05, 0.1) is 6.61 Å². The number of nitrogens with one attached hydrogen (secondary N) is 2. The van der Waals surface area contributed by atoms with Crippen molar-refractivity contribution in [1.29, 1.82) is 0 Å². The van der Waals surface area contributed by atoms with Crippen LogP contribution in [0.1, 0.15) is 20.3 Å². The zero-order valence-corrected chi connectivity index (χ0v) is 10.6. The third kappa shape index (κ3) is 4.45. The zero-order valence-electron chi connectivity index (χ0n) is 10.6. The lowest BCUT2D eigenvalue weighted by Gasteiger charge is -2.15. The van der Waals surface area contributed by atoms with Crippen LogP contribution < -0.4 is 10.6 Å². The molecule has 5 heteroatoms. The van der Waals surface area contributed by atoms with Gasteiger partial charge in [0.15, 0.2) is 0 Å². The van der Waals surface area contributed by atoms with E-state index in [0.717, 1.165) is 0 Å². The quantitative estimate of drug-likeness (QED) is 0.787. The molecule has 0 aliphatic carbocycles. The zero-order chi connectivity index (χ0) is 13.4. The van der Waals surface area contributed by atoms with E-state index in [0.29, 0.717) is 18.7 Å². The first kappa shape index (κ1) is 14.0. The van der Waals surface area contributed by atoms with Crippen LogP contribution in [0.2, 0.25) is 0 Å². The van der Waals surface area contributed by atoms with Gasteiger partial charge in [-0.25, -0.2) is 9.59 Å². The van der Waals surface area contributed by atoms with E-state index in [4.69, 9.17) is 4.74 Å². The van der Waals surface area contributed by atoms with E-state index in [-0.39, 0.29) is 0 Å². The van der Waals surface area contributed by atoms with Crippen LogP contribution in [0.25, 0.3) is 0 Å². The summed E-state index contributed by atoms with van der Waals surface area (Å²) in [5, 5.41) is 5.22. The minimum Gasteiger partial charge on any atom is -0.464 e. The maximum absolute atomic E-state index is 11.7. The van der Waals surface area contributed by atoms with E-state index in [1.165, 1.54) is 0 Å². The number of rotatable bonds is 5. The molecule has 5 nitrogen and oxygen atoms in total. The number of hydrogen-bond donors (Lipinski definition) is 2. The van der Waals surface area contributed by atoms with Crippen molar-refractivity contribution >= 4 is 17.7 Å². The summed E-state index contributed by atoms with van der Waals surface area (Å²) >= 11 is 0. The second-order valence-electron chi connectivity index (χ2n) is 3.68. The Morgan fingerprint density at radius 2 is 1.89 bits per heavy atom. The largest absolute Gasteiger partial charge is 0.464 e. The Hall–Kier alpha value is -2.04. The van der Waals surface area contributed by atoms with Gasteiger partial charge in [-0.2, -0.15) is 0 Å². The second kappa shape index (κ2) is 7.32. The molecule has 0 fully saturated rings. The van der Waals surface area contributed by atoms with Crippen LogP contribution in [0.15, 0.2) is 30.3 Å². The molecule has 0 aromatic heterocycles. The number of carbonyl (C=O) groups is 2. The van der Waals surface area contributed by atoms with Crippen molar-refractivity contribution in [3.05, 3.63) is 30.3 Å². The smallest absolute Gasteiger partial charge is 0.328 e. The van der Waals surface area contributed by atoms with Crippen molar-refractivity contribution in [2.45, 2.75) is 26.3 Å². The van der Waals surface area contributed by atoms with Crippen LogP contribution in [0.3, 0.4) is 0 Å². The number of anilines is 1. The topological polar surface area (TPSA) is 67.4 Å². The number of urea groups is 1. The van der Waals surface area contributed by atoms with Crippen LogP contribution in [0.5, 0.6) is 0 Å². The van der Waals surface area contributed by atoms with Gasteiger partial charge in [0, 0.05) is 5.69 Å². The predicted molar refractivity (Wildman–Crippen MR) is 69.3 cm³/mol. The SMILES string of the molecule is CCOC(=O)[C@H](CC)NC(=O)Nc1ccccc1. The maximum Gasteiger partial charge on any atom is 0.328 e. The van der Waals surface area contributed by atoms with Crippen molar-refractivity contribution in [2.75, 3.05) is 11.9 Å². The molecule has 2 amide bonds. The van der Waals surface area contributed by atoms with Gasteiger partial charge in [-0.3, -0.25) is 0 Å². The van der Waals surface area contributed by atoms with E-state index in [9.17, 15) is 9.59 Å². The number of para-hydroxylation sites is 1. The van der Waals surface area contributed by atoms with Gasteiger partial charge in [0.25, 0.3) is 0 Å². The lowest BCUT2D eigenvalue weighted by molar-refractivity contribution is -0.145. The summed E-state index contributed by atoms with van der Waals surface area (Å²) in [6.07, 6.45) is 0.487. The first-order valence-electron chi connectivity index (χ1n) is 5.96. The summed E-state index contributed by atoms with van der Waals surface area (Å²) in [7, 11) is 0. The van der Waals surface area contributed by atoms with Crippen LogP contribution >= 0.6 is 0 Å². The van der Waals surface area contributed by atoms with E-state index in [1.54, 1.807) is 19.1 Å². The van der Waals surface area contributed by atoms with Gasteiger partial charge in [-0.05, 0) is 25.5 Å². The molecule has 98 valence electrons. The Balaban J connectivity index is 2.50. The Kier molecular flexibility index (Phi) is 5.70. The normalized spacial score (nSPS) is 11.4. The lowest BCUT2D eigenvalue weighted by Crippen LogP contribution is -2.43. The molecule has 2 N–H and O–H groups in total. The fourth-order valence-electron chi connectivity index (χ4n) is 1.42. The minimum atomic E-state index is -0.617. The summed E-state index contributed by atoms with van der Waals surface area (Å²) in [6, 6.07) is 8.00. The molecule has 0 spiro atoms. The highest BCUT2D eigenvalue weighted by atomic mass is 16.5.